The lowest BCUT2D eigenvalue weighted by molar-refractivity contribution is -0.121. The number of fused-ring (bicyclic) bond motifs is 1. The Bertz CT molecular complexity index is 551. The minimum atomic E-state index is -0.0324. The lowest BCUT2D eigenvalue weighted by atomic mass is 10.2. The van der Waals surface area contributed by atoms with Gasteiger partial charge in [0.05, 0.1) is 12.1 Å². The number of hydroxylamine groups is 1. The van der Waals surface area contributed by atoms with Crippen molar-refractivity contribution >= 4 is 11.6 Å². The summed E-state index contributed by atoms with van der Waals surface area (Å²) in [6.07, 6.45) is 0.406. The first-order valence-electron chi connectivity index (χ1n) is 5.48. The number of rotatable bonds is 2. The maximum absolute atomic E-state index is 11.8. The standard InChI is InChI=1S/C14H11NO2/c16-14-10-11-6-4-5-9-13(11)15(14)17-12-7-2-1-3-8-12/h1-9H,10H2. The fourth-order valence-corrected chi connectivity index (χ4v) is 1.91. The maximum atomic E-state index is 11.8. The summed E-state index contributed by atoms with van der Waals surface area (Å²) in [5, 5.41) is 1.37. The Morgan fingerprint density at radius 2 is 1.65 bits per heavy atom. The van der Waals surface area contributed by atoms with Crippen LogP contribution in [0.3, 0.4) is 0 Å². The largest absolute Gasteiger partial charge is 0.372 e. The van der Waals surface area contributed by atoms with E-state index in [1.54, 1.807) is 0 Å². The van der Waals surface area contributed by atoms with E-state index < -0.39 is 0 Å². The van der Waals surface area contributed by atoms with Gasteiger partial charge >= 0.3 is 0 Å². The average Bonchev–Trinajstić information content (AvgIpc) is 2.68. The molecular weight excluding hydrogens is 214 g/mol. The lowest BCUT2D eigenvalue weighted by Gasteiger charge is -2.17. The van der Waals surface area contributed by atoms with Gasteiger partial charge in [-0.05, 0) is 23.8 Å². The van der Waals surface area contributed by atoms with Gasteiger partial charge in [0.1, 0.15) is 0 Å². The summed E-state index contributed by atoms with van der Waals surface area (Å²) in [6.45, 7) is 0. The molecule has 0 unspecified atom stereocenters. The van der Waals surface area contributed by atoms with Crippen molar-refractivity contribution in [2.24, 2.45) is 0 Å². The van der Waals surface area contributed by atoms with Crippen LogP contribution in [0.15, 0.2) is 54.6 Å². The van der Waals surface area contributed by atoms with Crippen molar-refractivity contribution in [3.63, 3.8) is 0 Å². The van der Waals surface area contributed by atoms with E-state index in [-0.39, 0.29) is 5.91 Å². The Morgan fingerprint density at radius 1 is 0.941 bits per heavy atom. The van der Waals surface area contributed by atoms with Crippen molar-refractivity contribution < 1.29 is 9.63 Å². The number of carbonyl (C=O) groups is 1. The molecule has 0 N–H and O–H groups in total. The molecule has 1 amide bonds. The highest BCUT2D eigenvalue weighted by molar-refractivity contribution is 5.99. The monoisotopic (exact) mass is 225 g/mol. The Kier molecular flexibility index (Phi) is 2.29. The molecule has 0 aliphatic carbocycles. The fraction of sp³-hybridized carbons (Fsp3) is 0.0714. The summed E-state index contributed by atoms with van der Waals surface area (Å²) >= 11 is 0. The minimum Gasteiger partial charge on any atom is -0.372 e. The van der Waals surface area contributed by atoms with Crippen LogP contribution >= 0.6 is 0 Å². The van der Waals surface area contributed by atoms with Crippen LogP contribution in [0.5, 0.6) is 5.75 Å². The highest BCUT2D eigenvalue weighted by Crippen LogP contribution is 2.29. The first-order chi connectivity index (χ1) is 8.34. The van der Waals surface area contributed by atoms with Crippen LogP contribution in [0.25, 0.3) is 0 Å². The van der Waals surface area contributed by atoms with Gasteiger partial charge in [-0.1, -0.05) is 36.4 Å². The average molecular weight is 225 g/mol. The summed E-state index contributed by atoms with van der Waals surface area (Å²) in [6, 6.07) is 17.0. The van der Waals surface area contributed by atoms with Gasteiger partial charge in [-0.3, -0.25) is 4.79 Å². The minimum absolute atomic E-state index is 0.0324. The second kappa shape index (κ2) is 3.94. The van der Waals surface area contributed by atoms with Crippen LogP contribution < -0.4 is 9.90 Å². The quantitative estimate of drug-likeness (QED) is 0.786. The van der Waals surface area contributed by atoms with Crippen molar-refractivity contribution in [2.75, 3.05) is 5.06 Å². The number of carbonyl (C=O) groups excluding carboxylic acids is 1. The number of hydrogen-bond acceptors (Lipinski definition) is 2. The number of anilines is 1. The molecule has 0 radical (unpaired) electrons. The molecule has 0 fully saturated rings. The molecule has 3 rings (SSSR count). The molecule has 3 nitrogen and oxygen atoms in total. The fourth-order valence-electron chi connectivity index (χ4n) is 1.91. The molecular formula is C14H11NO2. The second-order valence-corrected chi connectivity index (χ2v) is 3.90. The second-order valence-electron chi connectivity index (χ2n) is 3.90. The summed E-state index contributed by atoms with van der Waals surface area (Å²) < 4.78 is 0. The highest BCUT2D eigenvalue weighted by atomic mass is 16.7. The normalized spacial score (nSPS) is 13.6. The zero-order valence-electron chi connectivity index (χ0n) is 9.17. The van der Waals surface area contributed by atoms with E-state index in [1.165, 1.54) is 5.06 Å². The van der Waals surface area contributed by atoms with Crippen molar-refractivity contribution in [3.05, 3.63) is 60.2 Å². The van der Waals surface area contributed by atoms with Crippen molar-refractivity contribution in [2.45, 2.75) is 6.42 Å². The molecule has 0 bridgehead atoms. The maximum Gasteiger partial charge on any atom is 0.264 e. The predicted molar refractivity (Wildman–Crippen MR) is 64.7 cm³/mol. The third-order valence-corrected chi connectivity index (χ3v) is 2.72. The summed E-state index contributed by atoms with van der Waals surface area (Å²) in [5.41, 5.74) is 1.84. The molecule has 2 aromatic carbocycles. The number of amides is 1. The molecule has 0 atom stereocenters. The first-order valence-corrected chi connectivity index (χ1v) is 5.48. The van der Waals surface area contributed by atoms with Crippen LogP contribution in [0.1, 0.15) is 5.56 Å². The molecule has 0 saturated carbocycles. The molecule has 3 heteroatoms. The van der Waals surface area contributed by atoms with Crippen LogP contribution in [-0.4, -0.2) is 5.91 Å². The first kappa shape index (κ1) is 9.90. The number of para-hydroxylation sites is 2. The molecule has 2 aromatic rings. The van der Waals surface area contributed by atoms with Gasteiger partial charge in [0.25, 0.3) is 5.91 Å². The van der Waals surface area contributed by atoms with Crippen LogP contribution in [0, 0.1) is 0 Å². The van der Waals surface area contributed by atoms with Gasteiger partial charge in [-0.25, -0.2) is 0 Å². The van der Waals surface area contributed by atoms with E-state index >= 15 is 0 Å². The van der Waals surface area contributed by atoms with E-state index in [2.05, 4.69) is 0 Å². The summed E-state index contributed by atoms with van der Waals surface area (Å²) in [4.78, 5) is 17.4. The number of nitrogens with zero attached hydrogens (tertiary/aromatic N) is 1. The Morgan fingerprint density at radius 3 is 2.47 bits per heavy atom. The highest BCUT2D eigenvalue weighted by Gasteiger charge is 2.28. The molecule has 1 aliphatic rings. The predicted octanol–water partition coefficient (Wildman–Crippen LogP) is 2.57. The molecule has 1 aliphatic heterocycles. The van der Waals surface area contributed by atoms with Crippen LogP contribution in [-0.2, 0) is 11.2 Å². The third-order valence-electron chi connectivity index (χ3n) is 2.72. The van der Waals surface area contributed by atoms with Gasteiger partial charge in [0.2, 0.25) is 0 Å². The third kappa shape index (κ3) is 1.76. The van der Waals surface area contributed by atoms with Crippen LogP contribution in [0.4, 0.5) is 5.69 Å². The van der Waals surface area contributed by atoms with Gasteiger partial charge < -0.3 is 4.84 Å². The van der Waals surface area contributed by atoms with Crippen molar-refractivity contribution in [1.82, 2.24) is 0 Å². The Hall–Kier alpha value is -2.29. The van der Waals surface area contributed by atoms with E-state index in [1.807, 2.05) is 54.6 Å². The number of hydrogen-bond donors (Lipinski definition) is 0. The molecule has 0 spiro atoms. The smallest absolute Gasteiger partial charge is 0.264 e. The lowest BCUT2D eigenvalue weighted by Crippen LogP contribution is -2.30. The van der Waals surface area contributed by atoms with Gasteiger partial charge in [-0.15, -0.1) is 5.06 Å². The molecule has 0 aromatic heterocycles. The van der Waals surface area contributed by atoms with E-state index in [9.17, 15) is 4.79 Å². The van der Waals surface area contributed by atoms with E-state index in [0.29, 0.717) is 12.2 Å². The van der Waals surface area contributed by atoms with Gasteiger partial charge in [0.15, 0.2) is 5.75 Å². The summed E-state index contributed by atoms with van der Waals surface area (Å²) in [5.74, 6) is 0.632. The van der Waals surface area contributed by atoms with Crippen molar-refractivity contribution in [1.29, 1.82) is 0 Å². The van der Waals surface area contributed by atoms with Gasteiger partial charge in [0, 0.05) is 0 Å². The zero-order valence-corrected chi connectivity index (χ0v) is 9.17. The Labute approximate surface area is 99.2 Å². The zero-order chi connectivity index (χ0) is 11.7. The molecule has 17 heavy (non-hydrogen) atoms. The number of benzene rings is 2. The summed E-state index contributed by atoms with van der Waals surface area (Å²) in [7, 11) is 0. The SMILES string of the molecule is O=C1Cc2ccccc2N1Oc1ccccc1. The van der Waals surface area contributed by atoms with Crippen molar-refractivity contribution in [3.8, 4) is 5.75 Å². The van der Waals surface area contributed by atoms with Crippen LogP contribution in [0.2, 0.25) is 0 Å². The topological polar surface area (TPSA) is 29.5 Å². The molecule has 84 valence electrons. The molecule has 0 saturated heterocycles. The Balaban J connectivity index is 1.92. The van der Waals surface area contributed by atoms with Gasteiger partial charge in [-0.2, -0.15) is 0 Å². The van der Waals surface area contributed by atoms with E-state index in [4.69, 9.17) is 4.84 Å². The molecule has 1 heterocycles. The van der Waals surface area contributed by atoms with E-state index in [0.717, 1.165) is 11.3 Å².